The first-order chi connectivity index (χ1) is 19.5. The lowest BCUT2D eigenvalue weighted by Gasteiger charge is -2.33. The van der Waals surface area contributed by atoms with Gasteiger partial charge in [0.05, 0.1) is 27.9 Å². The fourth-order valence-electron chi connectivity index (χ4n) is 4.89. The molecule has 4 aromatic rings. The molecule has 0 amide bonds. The number of β-amino-alcohol motifs (C(OH)–C–C–N with tert-alkyl or cyclic N) is 1. The molecule has 1 aliphatic heterocycles. The van der Waals surface area contributed by atoms with E-state index in [1.54, 1.807) is 24.3 Å². The van der Waals surface area contributed by atoms with Crippen LogP contribution in [0.2, 0.25) is 10.0 Å². The summed E-state index contributed by atoms with van der Waals surface area (Å²) in [6.07, 6.45) is -1.79. The van der Waals surface area contributed by atoms with E-state index < -0.39 is 35.4 Å². The van der Waals surface area contributed by atoms with Crippen LogP contribution in [0.5, 0.6) is 0 Å². The number of carbonyl (C=O) groups is 1. The van der Waals surface area contributed by atoms with E-state index >= 15 is 0 Å². The predicted octanol–water partition coefficient (Wildman–Crippen LogP) is 5.53. The Bertz CT molecular complexity index is 1540. The lowest BCUT2D eigenvalue weighted by molar-refractivity contribution is -0.142. The Balaban J connectivity index is 1.34. The highest BCUT2D eigenvalue weighted by Gasteiger charge is 2.41. The van der Waals surface area contributed by atoms with E-state index in [2.05, 4.69) is 20.2 Å². The molecule has 0 spiro atoms. The van der Waals surface area contributed by atoms with E-state index in [0.29, 0.717) is 28.9 Å². The lowest BCUT2D eigenvalue weighted by atomic mass is 9.94. The molecule has 0 bridgehead atoms. The number of aliphatic hydroxyl groups excluding tert-OH is 1. The number of benzene rings is 1. The number of pyridine rings is 1. The summed E-state index contributed by atoms with van der Waals surface area (Å²) in [6.45, 7) is 1.72. The number of aliphatic hydroxyl groups is 1. The fourth-order valence-corrected chi connectivity index (χ4v) is 5.35. The van der Waals surface area contributed by atoms with Gasteiger partial charge in [0.1, 0.15) is 0 Å². The normalized spacial score (nSPS) is 17.1. The van der Waals surface area contributed by atoms with Crippen LogP contribution >= 0.6 is 23.2 Å². The Morgan fingerprint density at radius 3 is 2.63 bits per heavy atom. The fraction of sp³-hybridized carbons (Fsp3) is 0.346. The average molecular weight is 611 g/mol. The molecule has 1 aliphatic rings. The summed E-state index contributed by atoms with van der Waals surface area (Å²) >= 11 is 11.9. The maximum atomic E-state index is 14.1. The number of likely N-dealkylation sites (tertiary alicyclic amines) is 1. The average Bonchev–Trinajstić information content (AvgIpc) is 3.56. The summed E-state index contributed by atoms with van der Waals surface area (Å²) in [5.74, 6) is -1.42. The highest BCUT2D eigenvalue weighted by atomic mass is 35.5. The molecule has 1 fully saturated rings. The van der Waals surface area contributed by atoms with Crippen LogP contribution in [0.25, 0.3) is 28.7 Å². The molecule has 10 nitrogen and oxygen atoms in total. The van der Waals surface area contributed by atoms with Gasteiger partial charge in [0.2, 0.25) is 5.82 Å². The standard InChI is InChI=1S/C26H23Cl2F3N6O4/c27-17-9-19(28)24(32-10-17)37-22(26(29,30)31)18(11-33-37)25-34-23(35-41-25)16-5-3-15(4-6-16)20(38)13-36-7-1-2-14(12-36)8-21(39)40/h3-6,9-11,14,20,38H,1-2,7-8,12-13H2,(H,39,40)/t14-,20+/m1/s1. The van der Waals surface area contributed by atoms with Gasteiger partial charge in [-0.2, -0.15) is 23.3 Å². The van der Waals surface area contributed by atoms with Crippen molar-refractivity contribution in [3.8, 4) is 28.7 Å². The van der Waals surface area contributed by atoms with Gasteiger partial charge in [-0.05, 0) is 36.9 Å². The smallest absolute Gasteiger partial charge is 0.434 e. The first-order valence-corrected chi connectivity index (χ1v) is 13.3. The van der Waals surface area contributed by atoms with Crippen LogP contribution in [0.3, 0.4) is 0 Å². The second-order valence-electron chi connectivity index (χ2n) is 9.70. The predicted molar refractivity (Wildman–Crippen MR) is 141 cm³/mol. The summed E-state index contributed by atoms with van der Waals surface area (Å²) < 4.78 is 48.1. The van der Waals surface area contributed by atoms with Crippen LogP contribution in [-0.4, -0.2) is 65.6 Å². The van der Waals surface area contributed by atoms with Gasteiger partial charge >= 0.3 is 12.1 Å². The maximum Gasteiger partial charge on any atom is 0.434 e. The number of hydrogen-bond acceptors (Lipinski definition) is 8. The van der Waals surface area contributed by atoms with Gasteiger partial charge in [-0.15, -0.1) is 0 Å². The zero-order chi connectivity index (χ0) is 29.3. The molecule has 2 atom stereocenters. The molecule has 216 valence electrons. The van der Waals surface area contributed by atoms with Crippen LogP contribution in [0.1, 0.15) is 36.6 Å². The summed E-state index contributed by atoms with van der Waals surface area (Å²) in [5.41, 5.74) is -0.588. The Morgan fingerprint density at radius 1 is 1.20 bits per heavy atom. The Morgan fingerprint density at radius 2 is 1.95 bits per heavy atom. The van der Waals surface area contributed by atoms with Crippen molar-refractivity contribution in [1.29, 1.82) is 0 Å². The Hall–Kier alpha value is -3.52. The van der Waals surface area contributed by atoms with Crippen molar-refractivity contribution < 1.29 is 32.7 Å². The molecule has 2 N–H and O–H groups in total. The minimum Gasteiger partial charge on any atom is -0.481 e. The maximum absolute atomic E-state index is 14.1. The molecule has 0 unspecified atom stereocenters. The monoisotopic (exact) mass is 610 g/mol. The van der Waals surface area contributed by atoms with Crippen molar-refractivity contribution in [2.75, 3.05) is 19.6 Å². The number of halogens is 5. The van der Waals surface area contributed by atoms with Crippen molar-refractivity contribution in [3.05, 3.63) is 64.0 Å². The zero-order valence-electron chi connectivity index (χ0n) is 21.2. The molecule has 15 heteroatoms. The van der Waals surface area contributed by atoms with Gasteiger partial charge in [-0.25, -0.2) is 9.67 Å². The van der Waals surface area contributed by atoms with E-state index in [4.69, 9.17) is 32.8 Å². The van der Waals surface area contributed by atoms with Gasteiger partial charge < -0.3 is 19.6 Å². The van der Waals surface area contributed by atoms with E-state index in [9.17, 15) is 23.1 Å². The molecule has 3 aromatic heterocycles. The molecule has 41 heavy (non-hydrogen) atoms. The van der Waals surface area contributed by atoms with Gasteiger partial charge in [0.15, 0.2) is 11.5 Å². The number of hydrogen-bond donors (Lipinski definition) is 2. The van der Waals surface area contributed by atoms with Crippen LogP contribution in [0.4, 0.5) is 13.2 Å². The molecule has 0 radical (unpaired) electrons. The molecule has 0 saturated carbocycles. The van der Waals surface area contributed by atoms with E-state index in [0.717, 1.165) is 31.8 Å². The zero-order valence-corrected chi connectivity index (χ0v) is 22.7. The van der Waals surface area contributed by atoms with Crippen LogP contribution in [0.15, 0.2) is 47.2 Å². The largest absolute Gasteiger partial charge is 0.481 e. The van der Waals surface area contributed by atoms with E-state index in [-0.39, 0.29) is 34.0 Å². The number of carboxylic acid groups (broad SMARTS) is 1. The highest BCUT2D eigenvalue weighted by molar-refractivity contribution is 6.35. The van der Waals surface area contributed by atoms with Crippen molar-refractivity contribution in [1.82, 2.24) is 29.8 Å². The molecule has 4 heterocycles. The number of aliphatic carboxylic acids is 1. The number of piperidine rings is 1. The number of carboxylic acids is 1. The van der Waals surface area contributed by atoms with E-state index in [1.807, 2.05) is 4.90 Å². The topological polar surface area (TPSA) is 130 Å². The van der Waals surface area contributed by atoms with Crippen LogP contribution < -0.4 is 0 Å². The first-order valence-electron chi connectivity index (χ1n) is 12.5. The van der Waals surface area contributed by atoms with Crippen molar-refractivity contribution in [3.63, 3.8) is 0 Å². The number of nitrogens with zero attached hydrogens (tertiary/aromatic N) is 6. The number of rotatable bonds is 8. The van der Waals surface area contributed by atoms with Crippen LogP contribution in [0, 0.1) is 5.92 Å². The van der Waals surface area contributed by atoms with Crippen molar-refractivity contribution in [2.24, 2.45) is 5.92 Å². The molecular formula is C26H23Cl2F3N6O4. The second-order valence-corrected chi connectivity index (χ2v) is 10.5. The molecule has 5 rings (SSSR count). The minimum absolute atomic E-state index is 0.0390. The summed E-state index contributed by atoms with van der Waals surface area (Å²) in [4.78, 5) is 21.1. The van der Waals surface area contributed by atoms with Gasteiger partial charge in [-0.3, -0.25) is 4.79 Å². The summed E-state index contributed by atoms with van der Waals surface area (Å²) in [6, 6.07) is 7.84. The third-order valence-electron chi connectivity index (χ3n) is 6.73. The summed E-state index contributed by atoms with van der Waals surface area (Å²) in [7, 11) is 0. The number of aromatic nitrogens is 5. The van der Waals surface area contributed by atoms with Gasteiger partial charge in [0, 0.05) is 31.3 Å². The Kier molecular flexibility index (Phi) is 8.32. The van der Waals surface area contributed by atoms with Gasteiger partial charge in [-0.1, -0.05) is 52.6 Å². The van der Waals surface area contributed by atoms with E-state index in [1.165, 1.54) is 6.07 Å². The van der Waals surface area contributed by atoms with Crippen molar-refractivity contribution >= 4 is 29.2 Å². The third kappa shape index (κ3) is 6.53. The van der Waals surface area contributed by atoms with Gasteiger partial charge in [0.25, 0.3) is 5.89 Å². The third-order valence-corrected chi connectivity index (χ3v) is 7.22. The highest BCUT2D eigenvalue weighted by Crippen LogP contribution is 2.39. The minimum atomic E-state index is -4.87. The second kappa shape index (κ2) is 11.8. The summed E-state index contributed by atoms with van der Waals surface area (Å²) in [5, 5.41) is 27.5. The molecular weight excluding hydrogens is 588 g/mol. The number of alkyl halides is 3. The quantitative estimate of drug-likeness (QED) is 0.264. The molecule has 1 aromatic carbocycles. The molecule has 1 saturated heterocycles. The van der Waals surface area contributed by atoms with Crippen molar-refractivity contribution in [2.45, 2.75) is 31.5 Å². The van der Waals surface area contributed by atoms with Crippen LogP contribution in [-0.2, 0) is 11.0 Å². The first kappa shape index (κ1) is 29.0. The molecule has 0 aliphatic carbocycles. The SMILES string of the molecule is O=C(O)C[C@H]1CCCN(C[C@H](O)c2ccc(-c3noc(-c4cnn(-c5ncc(Cl)cc5Cl)c4C(F)(F)F)n3)cc2)C1. The lowest BCUT2D eigenvalue weighted by Crippen LogP contribution is -2.38. The Labute approximate surface area is 241 Å².